The normalized spacial score (nSPS) is 18.9. The summed E-state index contributed by atoms with van der Waals surface area (Å²) in [5, 5.41) is 27.0. The molecule has 2 aromatic heterocycles. The number of amides is 2. The summed E-state index contributed by atoms with van der Waals surface area (Å²) in [4.78, 5) is 39.4. The Bertz CT molecular complexity index is 1730. The Hall–Kier alpha value is -4.90. The minimum atomic E-state index is -0.449. The number of pyridine rings is 2. The molecule has 0 bridgehead atoms. The van der Waals surface area contributed by atoms with E-state index in [0.717, 1.165) is 42.5 Å². The van der Waals surface area contributed by atoms with Gasteiger partial charge in [-0.2, -0.15) is 10.5 Å². The van der Waals surface area contributed by atoms with Crippen molar-refractivity contribution in [2.45, 2.75) is 64.6 Å². The van der Waals surface area contributed by atoms with E-state index in [1.54, 1.807) is 24.1 Å². The fourth-order valence-electron chi connectivity index (χ4n) is 6.03. The standard InChI is InChI=1S/C33H38N8O3/c1-33(2,3)44-38-28(22-8-6-21(7-9-22)20-41-17-16-36-32(41)43)23-10-13-25(14-11-23)39(4)30-26(19-35)31(42)40(5)27-15-12-24(18-34)37-29(27)30/h6-9,12,15,23,25H,10-11,13-14,16-17,20H2,1-5H3,(H,36,43)/b38-28+. The minimum absolute atomic E-state index is 0.0274. The lowest BCUT2D eigenvalue weighted by Crippen LogP contribution is -2.39. The second kappa shape index (κ2) is 12.4. The second-order valence-corrected chi connectivity index (χ2v) is 12.5. The molecule has 3 heterocycles. The maximum absolute atomic E-state index is 13.1. The van der Waals surface area contributed by atoms with E-state index in [4.69, 9.17) is 4.84 Å². The highest BCUT2D eigenvalue weighted by Crippen LogP contribution is 2.35. The van der Waals surface area contributed by atoms with Gasteiger partial charge in [0.2, 0.25) is 0 Å². The van der Waals surface area contributed by atoms with Gasteiger partial charge in [0.05, 0.1) is 16.9 Å². The van der Waals surface area contributed by atoms with E-state index >= 15 is 0 Å². The Kier molecular flexibility index (Phi) is 8.59. The number of urea groups is 1. The number of rotatable bonds is 7. The average molecular weight is 595 g/mol. The molecule has 2 aliphatic rings. The Morgan fingerprint density at radius 1 is 1.09 bits per heavy atom. The molecule has 5 rings (SSSR count). The van der Waals surface area contributed by atoms with Gasteiger partial charge in [0, 0.05) is 45.7 Å². The van der Waals surface area contributed by atoms with Crippen molar-refractivity contribution in [3.8, 4) is 12.1 Å². The Balaban J connectivity index is 1.39. The third-order valence-corrected chi connectivity index (χ3v) is 8.41. The van der Waals surface area contributed by atoms with E-state index in [2.05, 4.69) is 39.7 Å². The number of oxime groups is 1. The van der Waals surface area contributed by atoms with Gasteiger partial charge in [0.25, 0.3) is 5.56 Å². The third-order valence-electron chi connectivity index (χ3n) is 8.41. The maximum atomic E-state index is 13.1. The molecule has 3 aromatic rings. The number of carbonyl (C=O) groups is 1. The van der Waals surface area contributed by atoms with Gasteiger partial charge in [-0.3, -0.25) is 4.79 Å². The van der Waals surface area contributed by atoms with Gasteiger partial charge in [-0.15, -0.1) is 0 Å². The van der Waals surface area contributed by atoms with Crippen LogP contribution >= 0.6 is 0 Å². The van der Waals surface area contributed by atoms with Crippen molar-refractivity contribution >= 4 is 28.5 Å². The summed E-state index contributed by atoms with van der Waals surface area (Å²) in [5.41, 5.74) is 3.87. The van der Waals surface area contributed by atoms with E-state index in [-0.39, 0.29) is 34.8 Å². The van der Waals surface area contributed by atoms with Crippen molar-refractivity contribution in [3.05, 3.63) is 69.1 Å². The van der Waals surface area contributed by atoms with Crippen LogP contribution in [0.2, 0.25) is 0 Å². The molecule has 1 N–H and O–H groups in total. The summed E-state index contributed by atoms with van der Waals surface area (Å²) in [6.45, 7) is 7.83. The molecule has 228 valence electrons. The molecule has 1 saturated heterocycles. The van der Waals surface area contributed by atoms with E-state index < -0.39 is 5.60 Å². The Morgan fingerprint density at radius 2 is 1.80 bits per heavy atom. The van der Waals surface area contributed by atoms with Crippen molar-refractivity contribution in [2.24, 2.45) is 18.1 Å². The van der Waals surface area contributed by atoms with Gasteiger partial charge in [-0.25, -0.2) is 9.78 Å². The van der Waals surface area contributed by atoms with Gasteiger partial charge in [-0.1, -0.05) is 29.4 Å². The van der Waals surface area contributed by atoms with Crippen LogP contribution in [0.4, 0.5) is 10.5 Å². The molecule has 0 atom stereocenters. The first-order valence-electron chi connectivity index (χ1n) is 15.0. The summed E-state index contributed by atoms with van der Waals surface area (Å²) in [5.74, 6) is 0.149. The fourth-order valence-corrected chi connectivity index (χ4v) is 6.03. The molecular formula is C33H38N8O3. The number of hydrogen-bond acceptors (Lipinski definition) is 8. The highest BCUT2D eigenvalue weighted by molar-refractivity contribution is 6.02. The van der Waals surface area contributed by atoms with Crippen LogP contribution in [0.1, 0.15) is 68.8 Å². The first kappa shape index (κ1) is 30.6. The van der Waals surface area contributed by atoms with Gasteiger partial charge in [-0.05, 0) is 69.7 Å². The lowest BCUT2D eigenvalue weighted by atomic mass is 9.80. The lowest BCUT2D eigenvalue weighted by molar-refractivity contribution is -0.0000303. The number of hydrogen-bond donors (Lipinski definition) is 1. The molecule has 2 amide bonds. The van der Waals surface area contributed by atoms with Crippen molar-refractivity contribution in [1.82, 2.24) is 19.8 Å². The zero-order chi connectivity index (χ0) is 31.6. The fraction of sp³-hybridized carbons (Fsp3) is 0.455. The molecule has 11 nitrogen and oxygen atoms in total. The SMILES string of the molecule is CN(c1c(C#N)c(=O)n(C)c2ccc(C#N)nc12)C1CCC(/C(=N/OC(C)(C)C)c2ccc(CN3CCNC3=O)cc2)CC1. The molecule has 11 heteroatoms. The zero-order valence-electron chi connectivity index (χ0n) is 25.9. The lowest BCUT2D eigenvalue weighted by Gasteiger charge is -2.37. The van der Waals surface area contributed by atoms with Crippen molar-refractivity contribution in [2.75, 3.05) is 25.0 Å². The van der Waals surface area contributed by atoms with E-state index in [0.29, 0.717) is 36.4 Å². The van der Waals surface area contributed by atoms with Gasteiger partial charge in [0.15, 0.2) is 0 Å². The van der Waals surface area contributed by atoms with Crippen molar-refractivity contribution in [1.29, 1.82) is 10.5 Å². The molecule has 1 aliphatic heterocycles. The highest BCUT2D eigenvalue weighted by atomic mass is 16.6. The number of nitrogens with one attached hydrogen (secondary N) is 1. The van der Waals surface area contributed by atoms with E-state index in [9.17, 15) is 20.1 Å². The number of carbonyl (C=O) groups excluding carboxylic acids is 1. The average Bonchev–Trinajstić information content (AvgIpc) is 3.42. The first-order valence-corrected chi connectivity index (χ1v) is 15.0. The smallest absolute Gasteiger partial charge is 0.317 e. The minimum Gasteiger partial charge on any atom is -0.390 e. The highest BCUT2D eigenvalue weighted by Gasteiger charge is 2.31. The molecule has 1 aliphatic carbocycles. The van der Waals surface area contributed by atoms with Crippen molar-refractivity contribution in [3.63, 3.8) is 0 Å². The number of benzene rings is 1. The van der Waals surface area contributed by atoms with Gasteiger partial charge in [0.1, 0.15) is 34.5 Å². The molecule has 1 aromatic carbocycles. The zero-order valence-corrected chi connectivity index (χ0v) is 25.9. The van der Waals surface area contributed by atoms with Gasteiger partial charge >= 0.3 is 6.03 Å². The molecule has 44 heavy (non-hydrogen) atoms. The summed E-state index contributed by atoms with van der Waals surface area (Å²) < 4.78 is 1.42. The predicted molar refractivity (Wildman–Crippen MR) is 168 cm³/mol. The van der Waals surface area contributed by atoms with E-state index in [1.807, 2.05) is 44.9 Å². The Morgan fingerprint density at radius 3 is 2.39 bits per heavy atom. The number of nitriles is 2. The largest absolute Gasteiger partial charge is 0.390 e. The third kappa shape index (κ3) is 6.23. The molecule has 2 fully saturated rings. The quantitative estimate of drug-likeness (QED) is 0.316. The maximum Gasteiger partial charge on any atom is 0.317 e. The summed E-state index contributed by atoms with van der Waals surface area (Å²) in [6.07, 6.45) is 3.27. The predicted octanol–water partition coefficient (Wildman–Crippen LogP) is 4.42. The number of aromatic nitrogens is 2. The summed E-state index contributed by atoms with van der Waals surface area (Å²) in [7, 11) is 3.52. The summed E-state index contributed by atoms with van der Waals surface area (Å²) >= 11 is 0. The van der Waals surface area contributed by atoms with Crippen molar-refractivity contribution < 1.29 is 9.63 Å². The van der Waals surface area contributed by atoms with Crippen LogP contribution in [0.5, 0.6) is 0 Å². The van der Waals surface area contributed by atoms with Crippen LogP contribution < -0.4 is 15.8 Å². The first-order chi connectivity index (χ1) is 21.0. The Labute approximate surface area is 257 Å². The van der Waals surface area contributed by atoms with Gasteiger partial charge < -0.3 is 24.5 Å². The van der Waals surface area contributed by atoms with Crippen LogP contribution in [0.25, 0.3) is 11.0 Å². The molecule has 0 radical (unpaired) electrons. The van der Waals surface area contributed by atoms with Crippen LogP contribution in [-0.4, -0.2) is 58.0 Å². The molecular weight excluding hydrogens is 556 g/mol. The molecule has 1 saturated carbocycles. The number of fused-ring (bicyclic) bond motifs is 1. The number of nitrogens with zero attached hydrogens (tertiary/aromatic N) is 7. The monoisotopic (exact) mass is 594 g/mol. The number of anilines is 1. The van der Waals surface area contributed by atoms with Crippen LogP contribution in [0.15, 0.2) is 46.3 Å². The molecule has 0 spiro atoms. The van der Waals surface area contributed by atoms with Crippen LogP contribution in [0, 0.1) is 28.6 Å². The number of aryl methyl sites for hydroxylation is 1. The van der Waals surface area contributed by atoms with Crippen LogP contribution in [0.3, 0.4) is 0 Å². The summed E-state index contributed by atoms with van der Waals surface area (Å²) in [6, 6.07) is 15.7. The van der Waals surface area contributed by atoms with E-state index in [1.165, 1.54) is 4.57 Å². The molecule has 0 unspecified atom stereocenters. The topological polar surface area (TPSA) is 140 Å². The van der Waals surface area contributed by atoms with Crippen LogP contribution in [-0.2, 0) is 18.4 Å². The second-order valence-electron chi connectivity index (χ2n) is 12.5.